The third-order valence-corrected chi connectivity index (χ3v) is 4.71. The van der Waals surface area contributed by atoms with E-state index in [0.717, 1.165) is 16.7 Å². The molecule has 0 heterocycles. The predicted octanol–water partition coefficient (Wildman–Crippen LogP) is 4.12. The molecule has 2 N–H and O–H groups in total. The molecule has 0 unspecified atom stereocenters. The number of carbonyl (C=O) groups is 2. The van der Waals surface area contributed by atoms with E-state index >= 15 is 0 Å². The lowest BCUT2D eigenvalue weighted by molar-refractivity contribution is -0.136. The molecule has 0 bridgehead atoms. The topological polar surface area (TPSA) is 89.0 Å². The van der Waals surface area contributed by atoms with E-state index in [9.17, 15) is 14.0 Å². The number of anilines is 1. The Morgan fingerprint density at radius 3 is 2.42 bits per heavy atom. The monoisotopic (exact) mass is 449 g/mol. The summed E-state index contributed by atoms with van der Waals surface area (Å²) in [5.41, 5.74) is 6.11. The lowest BCUT2D eigenvalue weighted by Gasteiger charge is -2.11. The van der Waals surface area contributed by atoms with Crippen LogP contribution < -0.4 is 20.2 Å². The van der Waals surface area contributed by atoms with Gasteiger partial charge in [0.1, 0.15) is 12.4 Å². The molecule has 0 saturated heterocycles. The maximum absolute atomic E-state index is 13.0. The minimum Gasteiger partial charge on any atom is -0.493 e. The van der Waals surface area contributed by atoms with Crippen LogP contribution in [0.5, 0.6) is 11.5 Å². The number of aryl methyl sites for hydroxylation is 2. The Kier molecular flexibility index (Phi) is 7.75. The van der Waals surface area contributed by atoms with Gasteiger partial charge < -0.3 is 14.8 Å². The van der Waals surface area contributed by atoms with Crippen LogP contribution in [-0.4, -0.2) is 25.1 Å². The molecule has 0 atom stereocenters. The third-order valence-electron chi connectivity index (χ3n) is 4.71. The van der Waals surface area contributed by atoms with Crippen LogP contribution in [0.15, 0.2) is 65.8 Å². The van der Waals surface area contributed by atoms with Crippen LogP contribution in [0.3, 0.4) is 0 Å². The number of nitrogens with zero attached hydrogens (tertiary/aromatic N) is 1. The minimum absolute atomic E-state index is 0.246. The quantitative estimate of drug-likeness (QED) is 0.323. The smallest absolute Gasteiger partial charge is 0.329 e. The first-order chi connectivity index (χ1) is 15.9. The molecule has 0 fully saturated rings. The van der Waals surface area contributed by atoms with Crippen molar-refractivity contribution in [2.24, 2.45) is 5.10 Å². The van der Waals surface area contributed by atoms with Crippen LogP contribution in [-0.2, 0) is 16.2 Å². The molecule has 0 spiro atoms. The number of rotatable bonds is 7. The highest BCUT2D eigenvalue weighted by Crippen LogP contribution is 2.28. The molecule has 0 aliphatic rings. The Balaban J connectivity index is 1.57. The lowest BCUT2D eigenvalue weighted by Crippen LogP contribution is -2.32. The van der Waals surface area contributed by atoms with E-state index < -0.39 is 11.8 Å². The minimum atomic E-state index is -0.891. The second kappa shape index (κ2) is 10.9. The highest BCUT2D eigenvalue weighted by Gasteiger charge is 2.14. The number of ether oxygens (including phenoxy) is 2. The van der Waals surface area contributed by atoms with Gasteiger partial charge in [0.25, 0.3) is 0 Å². The van der Waals surface area contributed by atoms with Gasteiger partial charge in [-0.2, -0.15) is 5.10 Å². The van der Waals surface area contributed by atoms with Gasteiger partial charge in [0, 0.05) is 5.69 Å². The van der Waals surface area contributed by atoms with Crippen molar-refractivity contribution < 1.29 is 23.5 Å². The molecule has 170 valence electrons. The number of hydrazone groups is 1. The summed E-state index contributed by atoms with van der Waals surface area (Å²) >= 11 is 0. The largest absolute Gasteiger partial charge is 0.493 e. The number of carbonyl (C=O) groups excluding carboxylic acids is 2. The molecule has 3 rings (SSSR count). The maximum atomic E-state index is 13.0. The summed E-state index contributed by atoms with van der Waals surface area (Å²) in [5, 5.41) is 6.39. The van der Waals surface area contributed by atoms with E-state index in [2.05, 4.69) is 15.8 Å². The van der Waals surface area contributed by atoms with Crippen molar-refractivity contribution in [3.63, 3.8) is 0 Å². The van der Waals surface area contributed by atoms with Crippen LogP contribution in [0, 0.1) is 19.7 Å². The van der Waals surface area contributed by atoms with E-state index in [1.807, 2.05) is 26.0 Å². The fraction of sp³-hybridized carbons (Fsp3) is 0.160. The number of nitrogens with one attached hydrogen (secondary N) is 2. The number of halogens is 1. The Morgan fingerprint density at radius 1 is 0.970 bits per heavy atom. The SMILES string of the molecule is COc1cc(/C=N/NC(=O)C(=O)Nc2ccc(C)cc2C)ccc1OCc1ccc(F)cc1. The molecule has 0 radical (unpaired) electrons. The van der Waals surface area contributed by atoms with Crippen LogP contribution in [0.4, 0.5) is 10.1 Å². The van der Waals surface area contributed by atoms with Crippen LogP contribution in [0.1, 0.15) is 22.3 Å². The molecule has 2 amide bonds. The summed E-state index contributed by atoms with van der Waals surface area (Å²) < 4.78 is 24.1. The highest BCUT2D eigenvalue weighted by atomic mass is 19.1. The normalized spacial score (nSPS) is 10.7. The van der Waals surface area contributed by atoms with Crippen LogP contribution >= 0.6 is 0 Å². The summed E-state index contributed by atoms with van der Waals surface area (Å²) in [7, 11) is 1.50. The molecule has 3 aromatic carbocycles. The third kappa shape index (κ3) is 6.64. The summed E-state index contributed by atoms with van der Waals surface area (Å²) in [5.74, 6) is -1.07. The van der Waals surface area contributed by atoms with E-state index in [1.165, 1.54) is 25.5 Å². The van der Waals surface area contributed by atoms with Crippen LogP contribution in [0.2, 0.25) is 0 Å². The van der Waals surface area contributed by atoms with Crippen molar-refractivity contribution in [2.45, 2.75) is 20.5 Å². The van der Waals surface area contributed by atoms with E-state index in [4.69, 9.17) is 9.47 Å². The zero-order chi connectivity index (χ0) is 23.8. The standard InChI is InChI=1S/C25H24FN3O4/c1-16-4-10-21(17(2)12-16)28-24(30)25(31)29-27-14-19-7-11-22(23(13-19)32-3)33-15-18-5-8-20(26)9-6-18/h4-14H,15H2,1-3H3,(H,28,30)(H,29,31)/b27-14+. The molecule has 0 aliphatic carbocycles. The lowest BCUT2D eigenvalue weighted by atomic mass is 10.1. The maximum Gasteiger partial charge on any atom is 0.329 e. The second-order valence-electron chi connectivity index (χ2n) is 7.30. The molecular formula is C25H24FN3O4. The van der Waals surface area contributed by atoms with Crippen molar-refractivity contribution in [3.05, 3.63) is 88.7 Å². The fourth-order valence-corrected chi connectivity index (χ4v) is 2.97. The molecular weight excluding hydrogens is 425 g/mol. The molecule has 0 aliphatic heterocycles. The highest BCUT2D eigenvalue weighted by molar-refractivity contribution is 6.39. The number of hydrogen-bond donors (Lipinski definition) is 2. The van der Waals surface area contributed by atoms with Gasteiger partial charge in [-0.3, -0.25) is 9.59 Å². The summed E-state index contributed by atoms with van der Waals surface area (Å²) in [6.07, 6.45) is 1.38. The van der Waals surface area contributed by atoms with Crippen molar-refractivity contribution in [2.75, 3.05) is 12.4 Å². The van der Waals surface area contributed by atoms with Gasteiger partial charge in [-0.05, 0) is 66.9 Å². The van der Waals surface area contributed by atoms with Crippen molar-refractivity contribution in [1.29, 1.82) is 0 Å². The molecule has 0 saturated carbocycles. The van der Waals surface area contributed by atoms with Crippen molar-refractivity contribution in [1.82, 2.24) is 5.43 Å². The van der Waals surface area contributed by atoms with E-state index in [1.54, 1.807) is 36.4 Å². The predicted molar refractivity (Wildman–Crippen MR) is 124 cm³/mol. The molecule has 8 heteroatoms. The van der Waals surface area contributed by atoms with Gasteiger partial charge in [-0.1, -0.05) is 29.8 Å². The second-order valence-corrected chi connectivity index (χ2v) is 7.30. The first kappa shape index (κ1) is 23.5. The summed E-state index contributed by atoms with van der Waals surface area (Å²) in [6, 6.07) is 16.6. The van der Waals surface area contributed by atoms with Gasteiger partial charge >= 0.3 is 11.8 Å². The van der Waals surface area contributed by atoms with Gasteiger partial charge in [0.15, 0.2) is 11.5 Å². The first-order valence-electron chi connectivity index (χ1n) is 10.1. The van der Waals surface area contributed by atoms with Gasteiger partial charge in [-0.15, -0.1) is 0 Å². The summed E-state index contributed by atoms with van der Waals surface area (Å²) in [4.78, 5) is 24.1. The Hall–Kier alpha value is -4.20. The molecule has 0 aromatic heterocycles. The fourth-order valence-electron chi connectivity index (χ4n) is 2.97. The number of amides is 2. The van der Waals surface area contributed by atoms with Crippen LogP contribution in [0.25, 0.3) is 0 Å². The zero-order valence-corrected chi connectivity index (χ0v) is 18.5. The van der Waals surface area contributed by atoms with Crippen molar-refractivity contribution in [3.8, 4) is 11.5 Å². The Labute approximate surface area is 191 Å². The van der Waals surface area contributed by atoms with E-state index in [0.29, 0.717) is 22.7 Å². The Bertz CT molecular complexity index is 1180. The first-order valence-corrected chi connectivity index (χ1v) is 10.1. The number of benzene rings is 3. The van der Waals surface area contributed by atoms with Gasteiger partial charge in [-0.25, -0.2) is 9.82 Å². The zero-order valence-electron chi connectivity index (χ0n) is 18.5. The average molecular weight is 449 g/mol. The molecule has 7 nitrogen and oxygen atoms in total. The molecule has 33 heavy (non-hydrogen) atoms. The average Bonchev–Trinajstić information content (AvgIpc) is 2.80. The molecule has 3 aromatic rings. The number of hydrogen-bond acceptors (Lipinski definition) is 5. The van der Waals surface area contributed by atoms with Crippen molar-refractivity contribution >= 4 is 23.7 Å². The van der Waals surface area contributed by atoms with Gasteiger partial charge in [0.2, 0.25) is 0 Å². The van der Waals surface area contributed by atoms with Gasteiger partial charge in [0.05, 0.1) is 13.3 Å². The Morgan fingerprint density at radius 2 is 1.73 bits per heavy atom. The number of methoxy groups -OCH3 is 1. The van der Waals surface area contributed by atoms with E-state index in [-0.39, 0.29) is 12.4 Å². The summed E-state index contributed by atoms with van der Waals surface area (Å²) in [6.45, 7) is 4.04.